The van der Waals surface area contributed by atoms with Crippen molar-refractivity contribution in [1.82, 2.24) is 15.0 Å². The highest BCUT2D eigenvalue weighted by Gasteiger charge is 2.13. The summed E-state index contributed by atoms with van der Waals surface area (Å²) in [4.78, 5) is 23.7. The van der Waals surface area contributed by atoms with Crippen molar-refractivity contribution >= 4 is 17.8 Å². The van der Waals surface area contributed by atoms with E-state index in [9.17, 15) is 4.79 Å². The molecule has 1 aromatic carbocycles. The summed E-state index contributed by atoms with van der Waals surface area (Å²) in [5.74, 6) is 1.04. The van der Waals surface area contributed by atoms with Crippen molar-refractivity contribution in [2.45, 2.75) is 33.7 Å². The van der Waals surface area contributed by atoms with E-state index in [0.717, 1.165) is 16.9 Å². The van der Waals surface area contributed by atoms with Gasteiger partial charge in [-0.05, 0) is 38.0 Å². The lowest BCUT2D eigenvalue weighted by atomic mass is 10.1. The maximum Gasteiger partial charge on any atom is 0.323 e. The van der Waals surface area contributed by atoms with Crippen LogP contribution in [0.15, 0.2) is 18.2 Å². The third-order valence-electron chi connectivity index (χ3n) is 3.44. The second kappa shape index (κ2) is 8.27. The lowest BCUT2D eigenvalue weighted by molar-refractivity contribution is -0.114. The van der Waals surface area contributed by atoms with Gasteiger partial charge < -0.3 is 14.8 Å². The number of nitrogens with zero attached hydrogens (tertiary/aromatic N) is 3. The van der Waals surface area contributed by atoms with Gasteiger partial charge in [-0.3, -0.25) is 10.1 Å². The van der Waals surface area contributed by atoms with Crippen molar-refractivity contribution in [3.63, 3.8) is 0 Å². The summed E-state index contributed by atoms with van der Waals surface area (Å²) in [7, 11) is 1.65. The van der Waals surface area contributed by atoms with Crippen LogP contribution in [0, 0.1) is 6.92 Å². The van der Waals surface area contributed by atoms with Gasteiger partial charge in [0.05, 0.1) is 19.8 Å². The Morgan fingerprint density at radius 1 is 1.24 bits per heavy atom. The van der Waals surface area contributed by atoms with Gasteiger partial charge in [0, 0.05) is 6.92 Å². The molecule has 0 radical (unpaired) electrons. The topological polar surface area (TPSA) is 98.3 Å². The van der Waals surface area contributed by atoms with E-state index < -0.39 is 0 Å². The molecule has 0 aliphatic carbocycles. The SMILES string of the molecule is CCOc1nc(NC(C)=O)nc(NC(C)c2ccc(OC)c(C)c2)n1. The lowest BCUT2D eigenvalue weighted by Crippen LogP contribution is -2.15. The van der Waals surface area contributed by atoms with Crippen molar-refractivity contribution in [3.05, 3.63) is 29.3 Å². The van der Waals surface area contributed by atoms with E-state index in [0.29, 0.717) is 12.6 Å². The van der Waals surface area contributed by atoms with Crippen LogP contribution in [0.3, 0.4) is 0 Å². The van der Waals surface area contributed by atoms with E-state index >= 15 is 0 Å². The number of anilines is 2. The van der Waals surface area contributed by atoms with E-state index in [1.165, 1.54) is 6.92 Å². The molecule has 8 heteroatoms. The summed E-state index contributed by atoms with van der Waals surface area (Å²) < 4.78 is 10.6. The number of aromatic nitrogens is 3. The Morgan fingerprint density at radius 3 is 2.56 bits per heavy atom. The molecule has 134 valence electrons. The third kappa shape index (κ3) is 5.03. The molecule has 1 heterocycles. The monoisotopic (exact) mass is 345 g/mol. The van der Waals surface area contributed by atoms with E-state index in [-0.39, 0.29) is 23.9 Å². The Bertz CT molecular complexity index is 751. The van der Waals surface area contributed by atoms with Gasteiger partial charge in [0.1, 0.15) is 5.75 Å². The van der Waals surface area contributed by atoms with Crippen LogP contribution in [-0.4, -0.2) is 34.6 Å². The summed E-state index contributed by atoms with van der Waals surface area (Å²) in [6, 6.07) is 6.03. The first-order chi connectivity index (χ1) is 11.9. The molecule has 2 aromatic rings. The number of hydrogen-bond donors (Lipinski definition) is 2. The normalized spacial score (nSPS) is 11.6. The van der Waals surface area contributed by atoms with E-state index in [4.69, 9.17) is 9.47 Å². The second-order valence-electron chi connectivity index (χ2n) is 5.47. The molecule has 1 amide bonds. The number of hydrogen-bond acceptors (Lipinski definition) is 7. The van der Waals surface area contributed by atoms with Crippen LogP contribution >= 0.6 is 0 Å². The average molecular weight is 345 g/mol. The minimum Gasteiger partial charge on any atom is -0.496 e. The molecule has 1 aromatic heterocycles. The first kappa shape index (κ1) is 18.4. The van der Waals surface area contributed by atoms with Gasteiger partial charge in [0.15, 0.2) is 0 Å². The third-order valence-corrected chi connectivity index (χ3v) is 3.44. The van der Waals surface area contributed by atoms with Crippen LogP contribution < -0.4 is 20.1 Å². The average Bonchev–Trinajstić information content (AvgIpc) is 2.54. The molecule has 2 rings (SSSR count). The van der Waals surface area contributed by atoms with Crippen LogP contribution in [0.2, 0.25) is 0 Å². The van der Waals surface area contributed by atoms with Crippen molar-refractivity contribution in [1.29, 1.82) is 0 Å². The van der Waals surface area contributed by atoms with Crippen LogP contribution in [0.1, 0.15) is 37.9 Å². The van der Waals surface area contributed by atoms with Crippen LogP contribution in [0.4, 0.5) is 11.9 Å². The smallest absolute Gasteiger partial charge is 0.323 e. The predicted octanol–water partition coefficient (Wildman–Crippen LogP) is 2.72. The molecule has 1 atom stereocenters. The largest absolute Gasteiger partial charge is 0.496 e. The van der Waals surface area contributed by atoms with Crippen molar-refractivity contribution < 1.29 is 14.3 Å². The van der Waals surface area contributed by atoms with Gasteiger partial charge in [0.2, 0.25) is 17.8 Å². The number of ether oxygens (including phenoxy) is 2. The quantitative estimate of drug-likeness (QED) is 0.796. The van der Waals surface area contributed by atoms with E-state index in [1.807, 2.05) is 39.0 Å². The first-order valence-electron chi connectivity index (χ1n) is 8.00. The Hall–Kier alpha value is -2.90. The fraction of sp³-hybridized carbons (Fsp3) is 0.412. The van der Waals surface area contributed by atoms with Gasteiger partial charge in [-0.1, -0.05) is 12.1 Å². The van der Waals surface area contributed by atoms with Crippen LogP contribution in [0.5, 0.6) is 11.8 Å². The van der Waals surface area contributed by atoms with Gasteiger partial charge in [-0.15, -0.1) is 0 Å². The molecule has 0 bridgehead atoms. The van der Waals surface area contributed by atoms with Crippen LogP contribution in [-0.2, 0) is 4.79 Å². The first-order valence-corrected chi connectivity index (χ1v) is 8.00. The highest BCUT2D eigenvalue weighted by atomic mass is 16.5. The van der Waals surface area contributed by atoms with Crippen molar-refractivity contribution in [2.75, 3.05) is 24.4 Å². The Morgan fingerprint density at radius 2 is 1.96 bits per heavy atom. The number of methoxy groups -OCH3 is 1. The molecule has 8 nitrogen and oxygen atoms in total. The summed E-state index contributed by atoms with van der Waals surface area (Å²) in [6.45, 7) is 7.61. The number of aryl methyl sites for hydroxylation is 1. The Labute approximate surface area is 147 Å². The molecule has 25 heavy (non-hydrogen) atoms. The summed E-state index contributed by atoms with van der Waals surface area (Å²) >= 11 is 0. The molecule has 2 N–H and O–H groups in total. The lowest BCUT2D eigenvalue weighted by Gasteiger charge is -2.16. The van der Waals surface area contributed by atoms with Crippen molar-refractivity contribution in [3.8, 4) is 11.8 Å². The second-order valence-corrected chi connectivity index (χ2v) is 5.47. The molecule has 0 aliphatic rings. The van der Waals surface area contributed by atoms with Crippen molar-refractivity contribution in [2.24, 2.45) is 0 Å². The minimum absolute atomic E-state index is 0.0633. The minimum atomic E-state index is -0.265. The van der Waals surface area contributed by atoms with E-state index in [1.54, 1.807) is 7.11 Å². The standard InChI is InChI=1S/C17H23N5O3/c1-6-25-17-21-15(20-16(22-17)19-12(4)23)18-11(3)13-7-8-14(24-5)10(2)9-13/h7-9,11H,6H2,1-5H3,(H2,18,19,20,21,22,23). The van der Waals surface area contributed by atoms with E-state index in [2.05, 4.69) is 25.6 Å². The summed E-state index contributed by atoms with van der Waals surface area (Å²) in [5, 5.41) is 5.74. The molecule has 0 saturated carbocycles. The fourth-order valence-corrected chi connectivity index (χ4v) is 2.28. The zero-order valence-corrected chi connectivity index (χ0v) is 15.1. The maximum absolute atomic E-state index is 11.3. The molecule has 0 spiro atoms. The number of rotatable bonds is 7. The Kier molecular flexibility index (Phi) is 6.10. The highest BCUT2D eigenvalue weighted by molar-refractivity contribution is 5.86. The van der Waals surface area contributed by atoms with Gasteiger partial charge in [0.25, 0.3) is 0 Å². The zero-order chi connectivity index (χ0) is 18.4. The molecular formula is C17H23N5O3. The number of nitrogens with one attached hydrogen (secondary N) is 2. The maximum atomic E-state index is 11.3. The molecule has 0 fully saturated rings. The number of amides is 1. The molecule has 0 aliphatic heterocycles. The molecule has 1 unspecified atom stereocenters. The molecule has 0 saturated heterocycles. The Balaban J connectivity index is 2.23. The number of carbonyl (C=O) groups excluding carboxylic acids is 1. The van der Waals surface area contributed by atoms with Gasteiger partial charge in [-0.25, -0.2) is 0 Å². The number of carbonyl (C=O) groups is 1. The zero-order valence-electron chi connectivity index (χ0n) is 15.1. The van der Waals surface area contributed by atoms with Gasteiger partial charge in [-0.2, -0.15) is 15.0 Å². The van der Waals surface area contributed by atoms with Gasteiger partial charge >= 0.3 is 6.01 Å². The van der Waals surface area contributed by atoms with Crippen LogP contribution in [0.25, 0.3) is 0 Å². The molecular weight excluding hydrogens is 322 g/mol. The number of benzene rings is 1. The fourth-order valence-electron chi connectivity index (χ4n) is 2.28. The highest BCUT2D eigenvalue weighted by Crippen LogP contribution is 2.24. The summed E-state index contributed by atoms with van der Waals surface area (Å²) in [6.07, 6.45) is 0. The predicted molar refractivity (Wildman–Crippen MR) is 95.1 cm³/mol. The summed E-state index contributed by atoms with van der Waals surface area (Å²) in [5.41, 5.74) is 2.09.